The molecular weight excluding hydrogens is 288 g/mol. The average molecular weight is 301 g/mol. The molecule has 1 nitrogen and oxygen atoms in total. The van der Waals surface area contributed by atoms with Crippen LogP contribution in [0.4, 0.5) is 0 Å². The molecule has 90 valence electrons. The van der Waals surface area contributed by atoms with Crippen molar-refractivity contribution in [2.45, 2.75) is 18.8 Å². The Kier molecular flexibility index (Phi) is 3.04. The van der Waals surface area contributed by atoms with E-state index in [-0.39, 0.29) is 5.92 Å². The summed E-state index contributed by atoms with van der Waals surface area (Å²) < 4.78 is 1.05. The van der Waals surface area contributed by atoms with Crippen LogP contribution in [-0.4, -0.2) is 5.78 Å². The van der Waals surface area contributed by atoms with Crippen molar-refractivity contribution in [3.05, 3.63) is 69.7 Å². The smallest absolute Gasteiger partial charge is 0.138 e. The van der Waals surface area contributed by atoms with E-state index in [0.29, 0.717) is 18.6 Å². The van der Waals surface area contributed by atoms with Crippen LogP contribution >= 0.6 is 15.9 Å². The minimum atomic E-state index is 0.208. The number of benzene rings is 2. The third-order valence-electron chi connectivity index (χ3n) is 3.54. The van der Waals surface area contributed by atoms with Crippen molar-refractivity contribution in [3.63, 3.8) is 0 Å². The highest BCUT2D eigenvalue weighted by atomic mass is 79.9. The zero-order valence-electron chi connectivity index (χ0n) is 9.90. The van der Waals surface area contributed by atoms with Gasteiger partial charge in [0.15, 0.2) is 0 Å². The van der Waals surface area contributed by atoms with Gasteiger partial charge in [-0.15, -0.1) is 0 Å². The van der Waals surface area contributed by atoms with E-state index in [1.54, 1.807) is 0 Å². The Balaban J connectivity index is 2.14. The first-order chi connectivity index (χ1) is 8.75. The molecule has 1 atom stereocenters. The van der Waals surface area contributed by atoms with Crippen LogP contribution in [0.3, 0.4) is 0 Å². The molecule has 1 aliphatic carbocycles. The number of hydrogen-bond donors (Lipinski definition) is 0. The lowest BCUT2D eigenvalue weighted by molar-refractivity contribution is -0.119. The highest BCUT2D eigenvalue weighted by Gasteiger charge is 2.27. The van der Waals surface area contributed by atoms with Crippen LogP contribution in [0, 0.1) is 0 Å². The number of carbonyl (C=O) groups excluding carboxylic acids is 1. The lowest BCUT2D eigenvalue weighted by atomic mass is 9.78. The van der Waals surface area contributed by atoms with Gasteiger partial charge < -0.3 is 0 Å². The largest absolute Gasteiger partial charge is 0.299 e. The molecule has 0 bridgehead atoms. The van der Waals surface area contributed by atoms with E-state index in [0.717, 1.165) is 10.0 Å². The molecule has 0 N–H and O–H groups in total. The molecule has 0 saturated heterocycles. The fraction of sp³-hybridized carbons (Fsp3) is 0.188. The minimum absolute atomic E-state index is 0.208. The van der Waals surface area contributed by atoms with E-state index in [2.05, 4.69) is 40.2 Å². The molecule has 0 heterocycles. The van der Waals surface area contributed by atoms with Crippen LogP contribution in [0.25, 0.3) is 0 Å². The maximum Gasteiger partial charge on any atom is 0.138 e. The monoisotopic (exact) mass is 300 g/mol. The fourth-order valence-electron chi connectivity index (χ4n) is 2.68. The highest BCUT2D eigenvalue weighted by molar-refractivity contribution is 9.10. The number of rotatable bonds is 1. The van der Waals surface area contributed by atoms with E-state index in [9.17, 15) is 4.79 Å². The minimum Gasteiger partial charge on any atom is -0.299 e. The zero-order valence-corrected chi connectivity index (χ0v) is 11.5. The number of carbonyl (C=O) groups is 1. The fourth-order valence-corrected chi connectivity index (χ4v) is 3.20. The van der Waals surface area contributed by atoms with Crippen molar-refractivity contribution in [1.29, 1.82) is 0 Å². The topological polar surface area (TPSA) is 17.1 Å². The van der Waals surface area contributed by atoms with Crippen molar-refractivity contribution in [3.8, 4) is 0 Å². The second kappa shape index (κ2) is 4.69. The van der Waals surface area contributed by atoms with Crippen LogP contribution in [-0.2, 0) is 11.2 Å². The molecule has 0 fully saturated rings. The van der Waals surface area contributed by atoms with Gasteiger partial charge in [0.05, 0.1) is 0 Å². The molecule has 0 radical (unpaired) electrons. The molecule has 2 aromatic carbocycles. The first-order valence-corrected chi connectivity index (χ1v) is 6.89. The Morgan fingerprint density at radius 3 is 2.56 bits per heavy atom. The van der Waals surface area contributed by atoms with Gasteiger partial charge in [0.25, 0.3) is 0 Å². The summed E-state index contributed by atoms with van der Waals surface area (Å²) >= 11 is 3.56. The summed E-state index contributed by atoms with van der Waals surface area (Å²) in [6.45, 7) is 0. The van der Waals surface area contributed by atoms with E-state index in [4.69, 9.17) is 0 Å². The van der Waals surface area contributed by atoms with Gasteiger partial charge in [0.1, 0.15) is 5.78 Å². The van der Waals surface area contributed by atoms with Gasteiger partial charge >= 0.3 is 0 Å². The average Bonchev–Trinajstić information content (AvgIpc) is 2.40. The molecule has 1 aliphatic rings. The highest BCUT2D eigenvalue weighted by Crippen LogP contribution is 2.37. The predicted molar refractivity (Wildman–Crippen MR) is 75.8 cm³/mol. The SMILES string of the molecule is O=C1Cc2c(Br)cccc2[C@@H](c2ccccc2)C1. The van der Waals surface area contributed by atoms with E-state index < -0.39 is 0 Å². The molecule has 3 rings (SSSR count). The second-order valence-electron chi connectivity index (χ2n) is 4.69. The Morgan fingerprint density at radius 2 is 1.78 bits per heavy atom. The summed E-state index contributed by atoms with van der Waals surface area (Å²) in [5, 5.41) is 0. The van der Waals surface area contributed by atoms with E-state index in [1.807, 2.05) is 24.3 Å². The molecule has 0 unspecified atom stereocenters. The summed E-state index contributed by atoms with van der Waals surface area (Å²) in [5.74, 6) is 0.531. The third-order valence-corrected chi connectivity index (χ3v) is 4.28. The number of halogens is 1. The third kappa shape index (κ3) is 2.01. The van der Waals surface area contributed by atoms with Gasteiger partial charge in [-0.3, -0.25) is 4.79 Å². The molecule has 0 spiro atoms. The van der Waals surface area contributed by atoms with Crippen molar-refractivity contribution in [2.75, 3.05) is 0 Å². The van der Waals surface area contributed by atoms with Crippen molar-refractivity contribution < 1.29 is 4.79 Å². The van der Waals surface area contributed by atoms with Crippen molar-refractivity contribution >= 4 is 21.7 Å². The van der Waals surface area contributed by atoms with Gasteiger partial charge in [-0.05, 0) is 22.8 Å². The molecule has 0 aromatic heterocycles. The zero-order chi connectivity index (χ0) is 12.5. The Hall–Kier alpha value is -1.41. The van der Waals surface area contributed by atoms with Crippen LogP contribution in [0.5, 0.6) is 0 Å². The maximum absolute atomic E-state index is 11.9. The molecule has 18 heavy (non-hydrogen) atoms. The van der Waals surface area contributed by atoms with Gasteiger partial charge in [0, 0.05) is 23.2 Å². The Labute approximate surface area is 115 Å². The number of fused-ring (bicyclic) bond motifs is 1. The lowest BCUT2D eigenvalue weighted by Gasteiger charge is -2.26. The quantitative estimate of drug-likeness (QED) is 0.775. The molecule has 0 aliphatic heterocycles. The summed E-state index contributed by atoms with van der Waals surface area (Å²) in [5.41, 5.74) is 3.67. The summed E-state index contributed by atoms with van der Waals surface area (Å²) in [4.78, 5) is 11.9. The van der Waals surface area contributed by atoms with Crippen molar-refractivity contribution in [2.24, 2.45) is 0 Å². The van der Waals surface area contributed by atoms with Crippen LogP contribution in [0.2, 0.25) is 0 Å². The number of hydrogen-bond acceptors (Lipinski definition) is 1. The number of Topliss-reactive ketones (excluding diaryl/α,β-unsaturated/α-hetero) is 1. The summed E-state index contributed by atoms with van der Waals surface area (Å²) in [6.07, 6.45) is 1.17. The van der Waals surface area contributed by atoms with Gasteiger partial charge in [-0.1, -0.05) is 58.4 Å². The lowest BCUT2D eigenvalue weighted by Crippen LogP contribution is -2.19. The van der Waals surface area contributed by atoms with Crippen LogP contribution < -0.4 is 0 Å². The normalized spacial score (nSPS) is 18.5. The summed E-state index contributed by atoms with van der Waals surface area (Å²) in [7, 11) is 0. The molecular formula is C16H13BrO. The molecule has 0 saturated carbocycles. The van der Waals surface area contributed by atoms with Gasteiger partial charge in [-0.2, -0.15) is 0 Å². The predicted octanol–water partition coefficient (Wildman–Crippen LogP) is 4.10. The number of ketones is 1. The van der Waals surface area contributed by atoms with Gasteiger partial charge in [-0.25, -0.2) is 0 Å². The van der Waals surface area contributed by atoms with Crippen LogP contribution in [0.15, 0.2) is 53.0 Å². The van der Waals surface area contributed by atoms with Crippen molar-refractivity contribution in [1.82, 2.24) is 0 Å². The first-order valence-electron chi connectivity index (χ1n) is 6.09. The summed E-state index contributed by atoms with van der Waals surface area (Å²) in [6, 6.07) is 16.5. The van der Waals surface area contributed by atoms with E-state index >= 15 is 0 Å². The first kappa shape index (κ1) is 11.7. The standard InChI is InChI=1S/C16H13BrO/c17-16-8-4-7-13-14(9-12(18)10-15(13)16)11-5-2-1-3-6-11/h1-8,14H,9-10H2/t14-/m1/s1. The van der Waals surface area contributed by atoms with Crippen LogP contribution in [0.1, 0.15) is 29.0 Å². The van der Waals surface area contributed by atoms with Gasteiger partial charge in [0.2, 0.25) is 0 Å². The Morgan fingerprint density at radius 1 is 1.00 bits per heavy atom. The molecule has 0 amide bonds. The maximum atomic E-state index is 11.9. The van der Waals surface area contributed by atoms with E-state index in [1.165, 1.54) is 11.1 Å². The molecule has 2 aromatic rings. The molecule has 2 heteroatoms. The Bertz CT molecular complexity index is 589. The second-order valence-corrected chi connectivity index (χ2v) is 5.54.